The number of allylic oxidation sites excluding steroid dienone is 10. The maximum atomic E-state index is 12.8. The van der Waals surface area contributed by atoms with Gasteiger partial charge in [0.25, 0.3) is 0 Å². The summed E-state index contributed by atoms with van der Waals surface area (Å²) in [5, 5.41) is 0. The summed E-state index contributed by atoms with van der Waals surface area (Å²) in [4.78, 5) is 38.1. The Labute approximate surface area is 479 Å². The lowest BCUT2D eigenvalue weighted by atomic mass is 10.0. The van der Waals surface area contributed by atoms with Gasteiger partial charge in [0, 0.05) is 19.3 Å². The number of ether oxygens (including phenoxy) is 3. The molecule has 0 heterocycles. The second-order valence-electron chi connectivity index (χ2n) is 22.7. The maximum Gasteiger partial charge on any atom is 0.306 e. The summed E-state index contributed by atoms with van der Waals surface area (Å²) in [5.41, 5.74) is 0. The average Bonchev–Trinajstić information content (AvgIpc) is 3.43. The van der Waals surface area contributed by atoms with Crippen molar-refractivity contribution in [1.29, 1.82) is 0 Å². The molecule has 0 radical (unpaired) electrons. The zero-order valence-electron chi connectivity index (χ0n) is 51.5. The number of hydrogen-bond donors (Lipinski definition) is 0. The van der Waals surface area contributed by atoms with Crippen LogP contribution in [0.15, 0.2) is 60.8 Å². The summed E-state index contributed by atoms with van der Waals surface area (Å²) in [5.74, 6) is -0.931. The molecule has 0 N–H and O–H groups in total. The zero-order chi connectivity index (χ0) is 55.7. The Morgan fingerprint density at radius 3 is 0.883 bits per heavy atom. The largest absolute Gasteiger partial charge is 0.462 e. The highest BCUT2D eigenvalue weighted by atomic mass is 16.6. The Morgan fingerprint density at radius 2 is 0.532 bits per heavy atom. The first-order valence-electron chi connectivity index (χ1n) is 33.8. The maximum absolute atomic E-state index is 12.8. The number of carbonyl (C=O) groups excluding carboxylic acids is 3. The van der Waals surface area contributed by atoms with Crippen LogP contribution in [0.3, 0.4) is 0 Å². The lowest BCUT2D eigenvalue weighted by Gasteiger charge is -2.18. The molecule has 0 saturated heterocycles. The predicted molar refractivity (Wildman–Crippen MR) is 335 cm³/mol. The molecule has 0 spiro atoms. The van der Waals surface area contributed by atoms with E-state index >= 15 is 0 Å². The molecule has 0 fully saturated rings. The van der Waals surface area contributed by atoms with Crippen LogP contribution in [-0.2, 0) is 28.6 Å². The monoisotopic (exact) mass is 1080 g/mol. The third-order valence-electron chi connectivity index (χ3n) is 15.0. The minimum absolute atomic E-state index is 0.0911. The van der Waals surface area contributed by atoms with E-state index < -0.39 is 6.10 Å². The van der Waals surface area contributed by atoms with E-state index in [4.69, 9.17) is 14.2 Å². The third-order valence-corrected chi connectivity index (χ3v) is 15.0. The van der Waals surface area contributed by atoms with Crippen molar-refractivity contribution >= 4 is 17.9 Å². The fourth-order valence-corrected chi connectivity index (χ4v) is 9.97. The van der Waals surface area contributed by atoms with Gasteiger partial charge < -0.3 is 14.2 Å². The Morgan fingerprint density at radius 1 is 0.273 bits per heavy atom. The van der Waals surface area contributed by atoms with Crippen molar-refractivity contribution in [2.45, 2.75) is 361 Å². The molecular formula is C71H128O6. The first-order valence-corrected chi connectivity index (χ1v) is 33.8. The average molecular weight is 1080 g/mol. The van der Waals surface area contributed by atoms with E-state index in [0.717, 1.165) is 96.3 Å². The van der Waals surface area contributed by atoms with Crippen LogP contribution in [0, 0.1) is 0 Å². The topological polar surface area (TPSA) is 78.9 Å². The normalized spacial score (nSPS) is 12.4. The van der Waals surface area contributed by atoms with Gasteiger partial charge in [-0.25, -0.2) is 0 Å². The van der Waals surface area contributed by atoms with Gasteiger partial charge in [0.2, 0.25) is 0 Å². The van der Waals surface area contributed by atoms with Crippen LogP contribution in [0.1, 0.15) is 355 Å². The molecule has 6 heteroatoms. The second-order valence-corrected chi connectivity index (χ2v) is 22.7. The van der Waals surface area contributed by atoms with Crippen molar-refractivity contribution in [1.82, 2.24) is 0 Å². The zero-order valence-corrected chi connectivity index (χ0v) is 51.5. The van der Waals surface area contributed by atoms with Crippen molar-refractivity contribution in [3.8, 4) is 0 Å². The van der Waals surface area contributed by atoms with Gasteiger partial charge in [-0.2, -0.15) is 0 Å². The van der Waals surface area contributed by atoms with E-state index in [0.29, 0.717) is 19.3 Å². The van der Waals surface area contributed by atoms with Crippen LogP contribution < -0.4 is 0 Å². The molecular weight excluding hydrogens is 949 g/mol. The SMILES string of the molecule is CC/C=C\C/C=C\C/C=C\C/C=C\CCCCC(=O)OC(COC(=O)CCCCCCC/C=C\CCC)COC(=O)CCCCCCCCCCCCCCCCCCCCCCCCCCCCCCCCCCCC. The Hall–Kier alpha value is -2.89. The fourth-order valence-electron chi connectivity index (χ4n) is 9.97. The Kier molecular flexibility index (Phi) is 63.2. The highest BCUT2D eigenvalue weighted by molar-refractivity contribution is 5.71. The molecule has 0 amide bonds. The fraction of sp³-hybridized carbons (Fsp3) is 0.817. The van der Waals surface area contributed by atoms with Crippen LogP contribution in [0.5, 0.6) is 0 Å². The number of rotatable bonds is 62. The molecule has 448 valence electrons. The van der Waals surface area contributed by atoms with Crippen LogP contribution in [0.25, 0.3) is 0 Å². The Bertz CT molecular complexity index is 1380. The van der Waals surface area contributed by atoms with E-state index in [1.54, 1.807) is 0 Å². The van der Waals surface area contributed by atoms with E-state index in [1.807, 2.05) is 0 Å². The first-order chi connectivity index (χ1) is 38.0. The van der Waals surface area contributed by atoms with Gasteiger partial charge >= 0.3 is 17.9 Å². The van der Waals surface area contributed by atoms with Crippen LogP contribution in [0.2, 0.25) is 0 Å². The molecule has 0 aromatic carbocycles. The molecule has 77 heavy (non-hydrogen) atoms. The first kappa shape index (κ1) is 74.1. The summed E-state index contributed by atoms with van der Waals surface area (Å²) in [6, 6.07) is 0. The molecule has 0 rings (SSSR count). The summed E-state index contributed by atoms with van der Waals surface area (Å²) in [6.45, 7) is 6.46. The molecule has 0 saturated carbocycles. The van der Waals surface area contributed by atoms with E-state index in [-0.39, 0.29) is 37.5 Å². The van der Waals surface area contributed by atoms with Gasteiger partial charge in [0.15, 0.2) is 6.10 Å². The molecule has 0 aromatic rings. The van der Waals surface area contributed by atoms with Crippen LogP contribution in [0.4, 0.5) is 0 Å². The molecule has 0 aliphatic rings. The van der Waals surface area contributed by atoms with Crippen LogP contribution in [-0.4, -0.2) is 37.2 Å². The third kappa shape index (κ3) is 63.8. The van der Waals surface area contributed by atoms with Crippen molar-refractivity contribution in [2.24, 2.45) is 0 Å². The van der Waals surface area contributed by atoms with E-state index in [9.17, 15) is 14.4 Å². The van der Waals surface area contributed by atoms with Gasteiger partial charge in [0.1, 0.15) is 13.2 Å². The van der Waals surface area contributed by atoms with Crippen molar-refractivity contribution in [3.05, 3.63) is 60.8 Å². The van der Waals surface area contributed by atoms with Crippen molar-refractivity contribution in [2.75, 3.05) is 13.2 Å². The molecule has 1 atom stereocenters. The Balaban J connectivity index is 4.03. The van der Waals surface area contributed by atoms with Gasteiger partial charge in [-0.1, -0.05) is 319 Å². The summed E-state index contributed by atoms with van der Waals surface area (Å²) in [6.07, 6.45) is 84.3. The number of hydrogen-bond acceptors (Lipinski definition) is 6. The second kappa shape index (κ2) is 65.6. The minimum atomic E-state index is -0.798. The van der Waals surface area contributed by atoms with Gasteiger partial charge in [-0.05, 0) is 77.0 Å². The van der Waals surface area contributed by atoms with Gasteiger partial charge in [0.05, 0.1) is 0 Å². The van der Waals surface area contributed by atoms with E-state index in [2.05, 4.69) is 81.5 Å². The quantitative estimate of drug-likeness (QED) is 0.0261. The van der Waals surface area contributed by atoms with Gasteiger partial charge in [-0.3, -0.25) is 14.4 Å². The highest BCUT2D eigenvalue weighted by Crippen LogP contribution is 2.18. The lowest BCUT2D eigenvalue weighted by molar-refractivity contribution is -0.167. The molecule has 1 unspecified atom stereocenters. The number of unbranched alkanes of at least 4 members (excludes halogenated alkanes) is 41. The number of carbonyl (C=O) groups is 3. The lowest BCUT2D eigenvalue weighted by Crippen LogP contribution is -2.30. The van der Waals surface area contributed by atoms with Crippen molar-refractivity contribution in [3.63, 3.8) is 0 Å². The van der Waals surface area contributed by atoms with Crippen molar-refractivity contribution < 1.29 is 28.6 Å². The smallest absolute Gasteiger partial charge is 0.306 e. The predicted octanol–water partition coefficient (Wildman–Crippen LogP) is 23.1. The molecule has 6 nitrogen and oxygen atoms in total. The summed E-state index contributed by atoms with van der Waals surface area (Å²) < 4.78 is 16.8. The van der Waals surface area contributed by atoms with Crippen LogP contribution >= 0.6 is 0 Å². The molecule has 0 aliphatic carbocycles. The summed E-state index contributed by atoms with van der Waals surface area (Å²) >= 11 is 0. The summed E-state index contributed by atoms with van der Waals surface area (Å²) in [7, 11) is 0. The molecule has 0 aromatic heterocycles. The molecule has 0 aliphatic heterocycles. The minimum Gasteiger partial charge on any atom is -0.462 e. The standard InChI is InChI=1S/C71H128O6/c1-4-7-10-13-16-19-22-24-26-27-28-29-30-31-32-33-34-35-36-37-38-39-40-41-42-43-44-46-47-49-52-55-58-61-64-70(73)76-67-68(66-75-69(72)63-60-57-54-51-21-18-15-12-9-6-3)77-71(74)65-62-59-56-53-50-48-45-25-23-20-17-14-11-8-5-2/h8,11-12,15,17,20,25,45,50,53,68H,4-7,9-10,13-14,16,18-19,21-24,26-44,46-49,51-52,54-67H2,1-3H3/b11-8-,15-12-,20-17-,45-25-,53-50-. The highest BCUT2D eigenvalue weighted by Gasteiger charge is 2.19. The molecule has 0 bridgehead atoms. The number of esters is 3. The van der Waals surface area contributed by atoms with Gasteiger partial charge in [-0.15, -0.1) is 0 Å². The van der Waals surface area contributed by atoms with E-state index in [1.165, 1.54) is 212 Å².